The summed E-state index contributed by atoms with van der Waals surface area (Å²) in [6.07, 6.45) is 0.893. The van der Waals surface area contributed by atoms with Gasteiger partial charge in [0.2, 0.25) is 0 Å². The van der Waals surface area contributed by atoms with Crippen molar-refractivity contribution in [3.63, 3.8) is 0 Å². The van der Waals surface area contributed by atoms with Crippen LogP contribution in [-0.4, -0.2) is 13.4 Å². The SMILES string of the molecule is COc1ccc(-c2ccsc2C=O)cc1. The lowest BCUT2D eigenvalue weighted by Gasteiger charge is -2.02. The van der Waals surface area contributed by atoms with Crippen LogP contribution in [-0.2, 0) is 0 Å². The first-order valence-corrected chi connectivity index (χ1v) is 5.40. The summed E-state index contributed by atoms with van der Waals surface area (Å²) in [5.41, 5.74) is 2.02. The van der Waals surface area contributed by atoms with Crippen molar-refractivity contribution >= 4 is 17.6 Å². The minimum Gasteiger partial charge on any atom is -0.497 e. The fraction of sp³-hybridized carbons (Fsp3) is 0.0833. The van der Waals surface area contributed by atoms with E-state index in [4.69, 9.17) is 4.74 Å². The molecule has 1 aromatic carbocycles. The molecule has 1 heterocycles. The minimum atomic E-state index is 0.764. The van der Waals surface area contributed by atoms with Crippen molar-refractivity contribution in [2.24, 2.45) is 0 Å². The molecule has 2 rings (SSSR count). The molecule has 0 radical (unpaired) electrons. The van der Waals surface area contributed by atoms with Crippen LogP contribution in [0.4, 0.5) is 0 Å². The minimum absolute atomic E-state index is 0.764. The van der Waals surface area contributed by atoms with Crippen LogP contribution in [0, 0.1) is 0 Å². The van der Waals surface area contributed by atoms with Crippen LogP contribution in [0.3, 0.4) is 0 Å². The number of thiophene rings is 1. The number of rotatable bonds is 3. The second-order valence-corrected chi connectivity index (χ2v) is 3.99. The Labute approximate surface area is 92.1 Å². The second kappa shape index (κ2) is 4.28. The smallest absolute Gasteiger partial charge is 0.160 e. The van der Waals surface area contributed by atoms with Gasteiger partial charge >= 0.3 is 0 Å². The topological polar surface area (TPSA) is 26.3 Å². The number of methoxy groups -OCH3 is 1. The molecule has 0 saturated carbocycles. The Balaban J connectivity index is 2.41. The average molecular weight is 218 g/mol. The molecular weight excluding hydrogens is 208 g/mol. The van der Waals surface area contributed by atoms with E-state index in [-0.39, 0.29) is 0 Å². The number of hydrogen-bond acceptors (Lipinski definition) is 3. The average Bonchev–Trinajstić information content (AvgIpc) is 2.77. The third-order valence-corrected chi connectivity index (χ3v) is 3.05. The molecular formula is C12H10O2S. The number of carbonyl (C=O) groups excluding carboxylic acids is 1. The normalized spacial score (nSPS) is 9.93. The lowest BCUT2D eigenvalue weighted by molar-refractivity contribution is 0.112. The van der Waals surface area contributed by atoms with Crippen molar-refractivity contribution in [2.75, 3.05) is 7.11 Å². The maximum Gasteiger partial charge on any atom is 0.160 e. The Morgan fingerprint density at radius 2 is 1.93 bits per heavy atom. The highest BCUT2D eigenvalue weighted by Crippen LogP contribution is 2.28. The van der Waals surface area contributed by atoms with E-state index in [1.54, 1.807) is 7.11 Å². The molecule has 2 nitrogen and oxygen atoms in total. The Hall–Kier alpha value is -1.61. The predicted octanol–water partition coefficient (Wildman–Crippen LogP) is 3.24. The number of benzene rings is 1. The molecule has 15 heavy (non-hydrogen) atoms. The Morgan fingerprint density at radius 1 is 1.20 bits per heavy atom. The van der Waals surface area contributed by atoms with Gasteiger partial charge in [-0.3, -0.25) is 4.79 Å². The molecule has 0 unspecified atom stereocenters. The van der Waals surface area contributed by atoms with E-state index >= 15 is 0 Å². The monoisotopic (exact) mass is 218 g/mol. The van der Waals surface area contributed by atoms with E-state index in [0.29, 0.717) is 0 Å². The van der Waals surface area contributed by atoms with Crippen molar-refractivity contribution in [2.45, 2.75) is 0 Å². The summed E-state index contributed by atoms with van der Waals surface area (Å²) in [6, 6.07) is 9.64. The highest BCUT2D eigenvalue weighted by molar-refractivity contribution is 7.12. The largest absolute Gasteiger partial charge is 0.497 e. The molecule has 1 aromatic heterocycles. The van der Waals surface area contributed by atoms with Crippen LogP contribution >= 0.6 is 11.3 Å². The number of ether oxygens (including phenoxy) is 1. The molecule has 0 spiro atoms. The molecule has 0 atom stereocenters. The highest BCUT2D eigenvalue weighted by Gasteiger charge is 2.05. The Kier molecular flexibility index (Phi) is 2.83. The Morgan fingerprint density at radius 3 is 2.53 bits per heavy atom. The molecule has 0 fully saturated rings. The summed E-state index contributed by atoms with van der Waals surface area (Å²) in [5, 5.41) is 1.92. The number of hydrogen-bond donors (Lipinski definition) is 0. The van der Waals surface area contributed by atoms with E-state index in [9.17, 15) is 4.79 Å². The summed E-state index contributed by atoms with van der Waals surface area (Å²) in [7, 11) is 1.64. The zero-order chi connectivity index (χ0) is 10.7. The van der Waals surface area contributed by atoms with E-state index in [1.165, 1.54) is 11.3 Å². The van der Waals surface area contributed by atoms with Crippen molar-refractivity contribution in [3.05, 3.63) is 40.6 Å². The van der Waals surface area contributed by atoms with Crippen molar-refractivity contribution in [1.29, 1.82) is 0 Å². The van der Waals surface area contributed by atoms with Crippen LogP contribution in [0.2, 0.25) is 0 Å². The molecule has 2 aromatic rings. The molecule has 0 aliphatic carbocycles. The van der Waals surface area contributed by atoms with Gasteiger partial charge in [0.1, 0.15) is 5.75 Å². The van der Waals surface area contributed by atoms with E-state index < -0.39 is 0 Å². The maximum absolute atomic E-state index is 10.8. The first-order valence-electron chi connectivity index (χ1n) is 4.52. The van der Waals surface area contributed by atoms with Crippen molar-refractivity contribution < 1.29 is 9.53 Å². The van der Waals surface area contributed by atoms with Crippen LogP contribution < -0.4 is 4.74 Å². The molecule has 0 saturated heterocycles. The molecule has 0 bridgehead atoms. The zero-order valence-electron chi connectivity index (χ0n) is 8.27. The molecule has 0 amide bonds. The van der Waals surface area contributed by atoms with E-state index in [2.05, 4.69) is 0 Å². The van der Waals surface area contributed by atoms with Gasteiger partial charge in [-0.15, -0.1) is 11.3 Å². The lowest BCUT2D eigenvalue weighted by Crippen LogP contribution is -1.83. The fourth-order valence-corrected chi connectivity index (χ4v) is 2.14. The van der Waals surface area contributed by atoms with Gasteiger partial charge < -0.3 is 4.74 Å². The van der Waals surface area contributed by atoms with Crippen molar-refractivity contribution in [3.8, 4) is 16.9 Å². The summed E-state index contributed by atoms with van der Waals surface area (Å²) >= 11 is 1.46. The predicted molar refractivity (Wildman–Crippen MR) is 61.7 cm³/mol. The third-order valence-electron chi connectivity index (χ3n) is 2.20. The van der Waals surface area contributed by atoms with Crippen LogP contribution in [0.15, 0.2) is 35.7 Å². The van der Waals surface area contributed by atoms with Crippen molar-refractivity contribution in [1.82, 2.24) is 0 Å². The van der Waals surface area contributed by atoms with E-state index in [1.807, 2.05) is 35.7 Å². The first-order chi connectivity index (χ1) is 7.35. The maximum atomic E-state index is 10.8. The van der Waals surface area contributed by atoms with Gasteiger partial charge in [-0.1, -0.05) is 12.1 Å². The van der Waals surface area contributed by atoms with E-state index in [0.717, 1.165) is 28.0 Å². The van der Waals surface area contributed by atoms with Gasteiger partial charge in [0.05, 0.1) is 12.0 Å². The molecule has 3 heteroatoms. The summed E-state index contributed by atoms with van der Waals surface area (Å²) < 4.78 is 5.08. The quantitative estimate of drug-likeness (QED) is 0.739. The second-order valence-electron chi connectivity index (χ2n) is 3.04. The first kappa shape index (κ1) is 9.93. The van der Waals surface area contributed by atoms with Crippen LogP contribution in [0.25, 0.3) is 11.1 Å². The third kappa shape index (κ3) is 1.92. The lowest BCUT2D eigenvalue weighted by atomic mass is 10.1. The molecule has 0 aliphatic rings. The standard InChI is InChI=1S/C12H10O2S/c1-14-10-4-2-9(3-5-10)11-6-7-15-12(11)8-13/h2-8H,1H3. The highest BCUT2D eigenvalue weighted by atomic mass is 32.1. The molecule has 0 N–H and O–H groups in total. The van der Waals surface area contributed by atoms with Gasteiger partial charge in [-0.2, -0.15) is 0 Å². The van der Waals surface area contributed by atoms with Gasteiger partial charge in [-0.25, -0.2) is 0 Å². The van der Waals surface area contributed by atoms with Gasteiger partial charge in [0.25, 0.3) is 0 Å². The summed E-state index contributed by atoms with van der Waals surface area (Å²) in [5.74, 6) is 0.821. The van der Waals surface area contributed by atoms with Crippen LogP contribution in [0.5, 0.6) is 5.75 Å². The number of aldehydes is 1. The van der Waals surface area contributed by atoms with Gasteiger partial charge in [0.15, 0.2) is 6.29 Å². The van der Waals surface area contributed by atoms with Gasteiger partial charge in [0, 0.05) is 5.56 Å². The molecule has 0 aliphatic heterocycles. The van der Waals surface area contributed by atoms with Gasteiger partial charge in [-0.05, 0) is 29.1 Å². The number of carbonyl (C=O) groups is 1. The molecule has 76 valence electrons. The summed E-state index contributed by atoms with van der Waals surface area (Å²) in [6.45, 7) is 0. The fourth-order valence-electron chi connectivity index (χ4n) is 1.42. The van der Waals surface area contributed by atoms with Crippen LogP contribution in [0.1, 0.15) is 9.67 Å². The Bertz CT molecular complexity index is 457. The summed E-state index contributed by atoms with van der Waals surface area (Å²) in [4.78, 5) is 11.5. The zero-order valence-corrected chi connectivity index (χ0v) is 9.08.